The largest absolute Gasteiger partial charge is 0.316 e. The van der Waals surface area contributed by atoms with E-state index in [4.69, 9.17) is 0 Å². The van der Waals surface area contributed by atoms with Crippen LogP contribution in [-0.2, 0) is 0 Å². The lowest BCUT2D eigenvalue weighted by Gasteiger charge is -2.23. The highest BCUT2D eigenvalue weighted by Gasteiger charge is 2.19. The van der Waals surface area contributed by atoms with E-state index in [0.717, 1.165) is 5.92 Å². The summed E-state index contributed by atoms with van der Waals surface area (Å²) >= 11 is 0. The summed E-state index contributed by atoms with van der Waals surface area (Å²) in [4.78, 5) is 0. The molecule has 1 atom stereocenters. The van der Waals surface area contributed by atoms with Crippen LogP contribution in [0.25, 0.3) is 0 Å². The van der Waals surface area contributed by atoms with Gasteiger partial charge in [-0.05, 0) is 38.1 Å². The predicted molar refractivity (Wildman–Crippen MR) is 47.5 cm³/mol. The van der Waals surface area contributed by atoms with E-state index < -0.39 is 0 Å². The maximum Gasteiger partial charge on any atom is 0.00170 e. The van der Waals surface area contributed by atoms with Crippen molar-refractivity contribution in [2.45, 2.75) is 32.1 Å². The molecule has 0 aromatic carbocycles. The van der Waals surface area contributed by atoms with Crippen LogP contribution < -0.4 is 5.32 Å². The van der Waals surface area contributed by atoms with Crippen LogP contribution in [0.3, 0.4) is 0 Å². The number of hydrogen-bond acceptors (Lipinski definition) is 1. The second kappa shape index (κ2) is 3.40. The van der Waals surface area contributed by atoms with E-state index in [1.54, 1.807) is 5.57 Å². The number of rotatable bonds is 0. The molecule has 1 unspecified atom stereocenters. The van der Waals surface area contributed by atoms with Crippen molar-refractivity contribution >= 4 is 0 Å². The number of fused-ring (bicyclic) bond motifs is 1. The van der Waals surface area contributed by atoms with E-state index in [1.807, 2.05) is 0 Å². The van der Waals surface area contributed by atoms with Gasteiger partial charge in [-0.2, -0.15) is 0 Å². The fourth-order valence-electron chi connectivity index (χ4n) is 2.25. The lowest BCUT2D eigenvalue weighted by molar-refractivity contribution is 0.438. The first-order valence-corrected chi connectivity index (χ1v) is 4.86. The highest BCUT2D eigenvalue weighted by Crippen LogP contribution is 2.29. The molecular weight excluding hydrogens is 134 g/mol. The summed E-state index contributed by atoms with van der Waals surface area (Å²) in [6, 6.07) is 0. The van der Waals surface area contributed by atoms with Gasteiger partial charge in [0.05, 0.1) is 0 Å². The third-order valence-corrected chi connectivity index (χ3v) is 2.91. The van der Waals surface area contributed by atoms with Crippen LogP contribution in [0.15, 0.2) is 11.6 Å². The number of hydrogen-bond donors (Lipinski definition) is 1. The molecule has 0 spiro atoms. The van der Waals surface area contributed by atoms with Crippen molar-refractivity contribution in [2.75, 3.05) is 13.1 Å². The van der Waals surface area contributed by atoms with E-state index in [0.29, 0.717) is 0 Å². The van der Waals surface area contributed by atoms with Gasteiger partial charge in [0.25, 0.3) is 0 Å². The average Bonchev–Trinajstić information content (AvgIpc) is 2.28. The molecule has 0 amide bonds. The van der Waals surface area contributed by atoms with Gasteiger partial charge in [-0.3, -0.25) is 0 Å². The highest BCUT2D eigenvalue weighted by atomic mass is 14.9. The van der Waals surface area contributed by atoms with Crippen LogP contribution in [0.1, 0.15) is 32.1 Å². The van der Waals surface area contributed by atoms with Crippen LogP contribution in [0.5, 0.6) is 0 Å². The maximum atomic E-state index is 3.49. The smallest absolute Gasteiger partial charge is 0.00170 e. The Morgan fingerprint density at radius 3 is 3.36 bits per heavy atom. The zero-order valence-electron chi connectivity index (χ0n) is 7.10. The normalized spacial score (nSPS) is 32.0. The van der Waals surface area contributed by atoms with Crippen molar-refractivity contribution < 1.29 is 0 Å². The minimum absolute atomic E-state index is 0.895. The van der Waals surface area contributed by atoms with Crippen molar-refractivity contribution in [1.29, 1.82) is 0 Å². The maximum absolute atomic E-state index is 3.49. The van der Waals surface area contributed by atoms with Crippen molar-refractivity contribution in [3.8, 4) is 0 Å². The minimum Gasteiger partial charge on any atom is -0.316 e. The van der Waals surface area contributed by atoms with Gasteiger partial charge in [-0.1, -0.05) is 18.1 Å². The van der Waals surface area contributed by atoms with E-state index in [2.05, 4.69) is 11.4 Å². The van der Waals surface area contributed by atoms with Gasteiger partial charge in [0.2, 0.25) is 0 Å². The van der Waals surface area contributed by atoms with Gasteiger partial charge < -0.3 is 5.32 Å². The summed E-state index contributed by atoms with van der Waals surface area (Å²) in [5.41, 5.74) is 1.75. The molecule has 0 radical (unpaired) electrons. The van der Waals surface area contributed by atoms with Crippen molar-refractivity contribution in [3.63, 3.8) is 0 Å². The van der Waals surface area contributed by atoms with Crippen LogP contribution >= 0.6 is 0 Å². The topological polar surface area (TPSA) is 12.0 Å². The molecule has 2 aliphatic rings. The van der Waals surface area contributed by atoms with E-state index >= 15 is 0 Å². The molecule has 1 saturated carbocycles. The average molecular weight is 151 g/mol. The number of nitrogens with one attached hydrogen (secondary N) is 1. The lowest BCUT2D eigenvalue weighted by Crippen LogP contribution is -2.23. The molecule has 1 aliphatic carbocycles. The van der Waals surface area contributed by atoms with Crippen molar-refractivity contribution in [1.82, 2.24) is 5.32 Å². The van der Waals surface area contributed by atoms with Crippen LogP contribution in [0.2, 0.25) is 0 Å². The van der Waals surface area contributed by atoms with Crippen LogP contribution in [0, 0.1) is 5.92 Å². The Morgan fingerprint density at radius 1 is 1.36 bits per heavy atom. The Balaban J connectivity index is 2.06. The van der Waals surface area contributed by atoms with Gasteiger partial charge in [0, 0.05) is 6.54 Å². The molecular formula is C10H17N. The zero-order chi connectivity index (χ0) is 7.52. The lowest BCUT2D eigenvalue weighted by atomic mass is 9.84. The van der Waals surface area contributed by atoms with Crippen LogP contribution in [-0.4, -0.2) is 13.1 Å². The molecule has 2 rings (SSSR count). The Morgan fingerprint density at radius 2 is 2.36 bits per heavy atom. The first kappa shape index (κ1) is 7.35. The molecule has 1 heteroatoms. The van der Waals surface area contributed by atoms with Gasteiger partial charge >= 0.3 is 0 Å². The fraction of sp³-hybridized carbons (Fsp3) is 0.800. The SMILES string of the molecule is C1=C2CCCCC2CNCC1. The highest BCUT2D eigenvalue weighted by molar-refractivity contribution is 5.11. The Labute approximate surface area is 68.9 Å². The molecule has 0 bridgehead atoms. The van der Waals surface area contributed by atoms with E-state index in [9.17, 15) is 0 Å². The molecule has 11 heavy (non-hydrogen) atoms. The summed E-state index contributed by atoms with van der Waals surface area (Å²) in [5, 5.41) is 3.49. The van der Waals surface area contributed by atoms with Crippen molar-refractivity contribution in [3.05, 3.63) is 11.6 Å². The molecule has 1 fully saturated rings. The van der Waals surface area contributed by atoms with Crippen LogP contribution in [0.4, 0.5) is 0 Å². The molecule has 1 nitrogen and oxygen atoms in total. The second-order valence-electron chi connectivity index (χ2n) is 3.71. The summed E-state index contributed by atoms with van der Waals surface area (Å²) in [7, 11) is 0. The van der Waals surface area contributed by atoms with Gasteiger partial charge in [-0.15, -0.1) is 0 Å². The fourth-order valence-corrected chi connectivity index (χ4v) is 2.25. The molecule has 1 N–H and O–H groups in total. The minimum atomic E-state index is 0.895. The predicted octanol–water partition coefficient (Wildman–Crippen LogP) is 2.10. The Kier molecular flexibility index (Phi) is 2.27. The third kappa shape index (κ3) is 1.64. The summed E-state index contributed by atoms with van der Waals surface area (Å²) < 4.78 is 0. The van der Waals surface area contributed by atoms with Crippen molar-refractivity contribution in [2.24, 2.45) is 5.92 Å². The van der Waals surface area contributed by atoms with Gasteiger partial charge in [0.15, 0.2) is 0 Å². The molecule has 1 heterocycles. The van der Waals surface area contributed by atoms with E-state index in [1.165, 1.54) is 45.2 Å². The summed E-state index contributed by atoms with van der Waals surface area (Å²) in [6.07, 6.45) is 9.42. The third-order valence-electron chi connectivity index (χ3n) is 2.91. The first-order chi connectivity index (χ1) is 5.47. The second-order valence-corrected chi connectivity index (χ2v) is 3.71. The van der Waals surface area contributed by atoms with Gasteiger partial charge in [0.1, 0.15) is 0 Å². The van der Waals surface area contributed by atoms with Gasteiger partial charge in [-0.25, -0.2) is 0 Å². The molecule has 0 saturated heterocycles. The summed E-state index contributed by atoms with van der Waals surface area (Å²) in [6.45, 7) is 2.44. The quantitative estimate of drug-likeness (QED) is 0.523. The monoisotopic (exact) mass is 151 g/mol. The molecule has 0 aromatic rings. The molecule has 62 valence electrons. The Bertz CT molecular complexity index is 160. The van der Waals surface area contributed by atoms with E-state index in [-0.39, 0.29) is 0 Å². The summed E-state index contributed by atoms with van der Waals surface area (Å²) in [5.74, 6) is 0.895. The Hall–Kier alpha value is -0.300. The molecule has 0 aromatic heterocycles. The zero-order valence-corrected chi connectivity index (χ0v) is 7.10. The standard InChI is InChI=1S/C10H17N/c1-2-5-10-8-11-7-3-6-9(10)4-1/h6,10-11H,1-5,7-8H2. The molecule has 1 aliphatic heterocycles. The first-order valence-electron chi connectivity index (χ1n) is 4.86.